The average molecular weight is 543 g/mol. The van der Waals surface area contributed by atoms with Crippen LogP contribution in [-0.4, -0.2) is 43.1 Å². The highest BCUT2D eigenvalue weighted by Crippen LogP contribution is 2.30. The standard InChI is InChI=1S/C27H31ClN6O2.ClH/c1-18(2)23(32(15-7-14-29)26(35)21-12-10-19(3)11-13-21)25-31-24-22(28)16-30-34(24)27(36)33(25)17-20-8-5-4-6-9-20;/h4-6,8-13,16,18,23H,7,14-15,17,29H2,1-3H3;1H. The number of benzene rings is 2. The molecule has 4 rings (SSSR count). The van der Waals surface area contributed by atoms with Crippen molar-refractivity contribution in [3.8, 4) is 0 Å². The molecule has 10 heteroatoms. The van der Waals surface area contributed by atoms with Gasteiger partial charge in [0.05, 0.1) is 18.8 Å². The Kier molecular flexibility index (Phi) is 9.48. The van der Waals surface area contributed by atoms with E-state index in [1.807, 2.05) is 75.4 Å². The first-order valence-electron chi connectivity index (χ1n) is 12.1. The molecule has 0 aliphatic rings. The Balaban J connectivity index is 0.00000380. The zero-order chi connectivity index (χ0) is 25.8. The maximum Gasteiger partial charge on any atom is 0.352 e. The maximum absolute atomic E-state index is 13.8. The van der Waals surface area contributed by atoms with Crippen LogP contribution in [0.25, 0.3) is 5.65 Å². The summed E-state index contributed by atoms with van der Waals surface area (Å²) in [6.07, 6.45) is 2.02. The molecule has 0 aliphatic heterocycles. The molecule has 1 amide bonds. The zero-order valence-electron chi connectivity index (χ0n) is 21.2. The second-order valence-electron chi connectivity index (χ2n) is 9.25. The molecule has 2 N–H and O–H groups in total. The first-order valence-corrected chi connectivity index (χ1v) is 12.4. The number of halogens is 2. The van der Waals surface area contributed by atoms with E-state index in [9.17, 15) is 9.59 Å². The van der Waals surface area contributed by atoms with Crippen molar-refractivity contribution in [2.24, 2.45) is 11.7 Å². The van der Waals surface area contributed by atoms with Crippen LogP contribution < -0.4 is 11.4 Å². The summed E-state index contributed by atoms with van der Waals surface area (Å²) in [6, 6.07) is 16.6. The van der Waals surface area contributed by atoms with Gasteiger partial charge in [-0.1, -0.05) is 73.5 Å². The quantitative estimate of drug-likeness (QED) is 0.335. The van der Waals surface area contributed by atoms with Gasteiger partial charge in [-0.15, -0.1) is 12.4 Å². The highest BCUT2D eigenvalue weighted by atomic mass is 35.5. The van der Waals surface area contributed by atoms with Crippen molar-refractivity contribution in [2.45, 2.75) is 39.8 Å². The molecule has 196 valence electrons. The summed E-state index contributed by atoms with van der Waals surface area (Å²) in [5, 5.41) is 4.42. The van der Waals surface area contributed by atoms with Crippen LogP contribution in [0.2, 0.25) is 5.02 Å². The summed E-state index contributed by atoms with van der Waals surface area (Å²) >= 11 is 6.36. The van der Waals surface area contributed by atoms with Gasteiger partial charge in [0.25, 0.3) is 5.91 Å². The Morgan fingerprint density at radius 1 is 1.11 bits per heavy atom. The van der Waals surface area contributed by atoms with Crippen LogP contribution in [0.1, 0.15) is 53.6 Å². The number of hydrogen-bond acceptors (Lipinski definition) is 5. The zero-order valence-corrected chi connectivity index (χ0v) is 22.7. The Hall–Kier alpha value is -3.20. The fourth-order valence-corrected chi connectivity index (χ4v) is 4.54. The van der Waals surface area contributed by atoms with Gasteiger partial charge in [0.1, 0.15) is 10.8 Å². The SMILES string of the molecule is Cc1ccc(C(=O)N(CCCN)C(c2nc3c(Cl)cnn3c(=O)n2Cc2ccccc2)C(C)C)cc1.Cl. The normalized spacial score (nSPS) is 11.9. The molecule has 4 aromatic rings. The summed E-state index contributed by atoms with van der Waals surface area (Å²) in [5.41, 5.74) is 8.33. The summed E-state index contributed by atoms with van der Waals surface area (Å²) in [5.74, 6) is 0.267. The molecule has 0 saturated heterocycles. The monoisotopic (exact) mass is 542 g/mol. The van der Waals surface area contributed by atoms with E-state index >= 15 is 0 Å². The van der Waals surface area contributed by atoms with Gasteiger partial charge < -0.3 is 10.6 Å². The molecule has 0 radical (unpaired) electrons. The minimum absolute atomic E-state index is 0. The Labute approximate surface area is 227 Å². The average Bonchev–Trinajstić information content (AvgIpc) is 3.24. The largest absolute Gasteiger partial charge is 0.352 e. The molecule has 2 heterocycles. The topological polar surface area (TPSA) is 98.5 Å². The molecule has 1 unspecified atom stereocenters. The third-order valence-electron chi connectivity index (χ3n) is 6.19. The highest BCUT2D eigenvalue weighted by Gasteiger charge is 2.33. The molecule has 0 saturated carbocycles. The smallest absolute Gasteiger partial charge is 0.330 e. The van der Waals surface area contributed by atoms with Gasteiger partial charge in [-0.05, 0) is 43.5 Å². The molecule has 2 aromatic carbocycles. The van der Waals surface area contributed by atoms with Crippen molar-refractivity contribution >= 4 is 35.6 Å². The lowest BCUT2D eigenvalue weighted by molar-refractivity contribution is 0.0601. The molecular formula is C27H32Cl2N6O2. The molecule has 0 spiro atoms. The van der Waals surface area contributed by atoms with Gasteiger partial charge >= 0.3 is 5.69 Å². The van der Waals surface area contributed by atoms with E-state index in [2.05, 4.69) is 5.10 Å². The minimum Gasteiger partial charge on any atom is -0.330 e. The first kappa shape index (κ1) is 28.4. The van der Waals surface area contributed by atoms with Crippen LogP contribution in [0.15, 0.2) is 65.6 Å². The molecule has 0 bridgehead atoms. The molecule has 0 aliphatic carbocycles. The number of carbonyl (C=O) groups is 1. The van der Waals surface area contributed by atoms with Gasteiger partial charge in [-0.2, -0.15) is 9.61 Å². The summed E-state index contributed by atoms with van der Waals surface area (Å²) in [6.45, 7) is 7.15. The predicted molar refractivity (Wildman–Crippen MR) is 149 cm³/mol. The third kappa shape index (κ3) is 6.04. The van der Waals surface area contributed by atoms with Crippen LogP contribution in [0.4, 0.5) is 0 Å². The van der Waals surface area contributed by atoms with Crippen LogP contribution in [-0.2, 0) is 6.54 Å². The maximum atomic E-state index is 13.8. The number of amides is 1. The number of fused-ring (bicyclic) bond motifs is 1. The number of rotatable bonds is 9. The Morgan fingerprint density at radius 2 is 1.78 bits per heavy atom. The van der Waals surface area contributed by atoms with Gasteiger partial charge in [0.2, 0.25) is 0 Å². The molecule has 1 atom stereocenters. The van der Waals surface area contributed by atoms with Crippen LogP contribution in [0, 0.1) is 12.8 Å². The van der Waals surface area contributed by atoms with Crippen LogP contribution in [0.5, 0.6) is 0 Å². The second-order valence-corrected chi connectivity index (χ2v) is 9.66. The van der Waals surface area contributed by atoms with Crippen molar-refractivity contribution < 1.29 is 4.79 Å². The van der Waals surface area contributed by atoms with Gasteiger partial charge in [-0.3, -0.25) is 9.36 Å². The van der Waals surface area contributed by atoms with Gasteiger partial charge in [0.15, 0.2) is 5.65 Å². The van der Waals surface area contributed by atoms with E-state index in [1.54, 1.807) is 9.47 Å². The van der Waals surface area contributed by atoms with Crippen molar-refractivity contribution in [1.29, 1.82) is 0 Å². The first-order chi connectivity index (χ1) is 17.3. The van der Waals surface area contributed by atoms with Crippen molar-refractivity contribution in [3.63, 3.8) is 0 Å². The van der Waals surface area contributed by atoms with Gasteiger partial charge in [0, 0.05) is 12.1 Å². The second kappa shape index (κ2) is 12.4. The van der Waals surface area contributed by atoms with E-state index in [0.717, 1.165) is 11.1 Å². The lowest BCUT2D eigenvalue weighted by Crippen LogP contribution is -2.43. The number of aromatic nitrogens is 4. The van der Waals surface area contributed by atoms with Crippen molar-refractivity contribution in [3.05, 3.63) is 98.8 Å². The molecule has 8 nitrogen and oxygen atoms in total. The van der Waals surface area contributed by atoms with E-state index in [-0.39, 0.29) is 47.1 Å². The van der Waals surface area contributed by atoms with E-state index in [0.29, 0.717) is 30.9 Å². The van der Waals surface area contributed by atoms with E-state index < -0.39 is 6.04 Å². The third-order valence-corrected chi connectivity index (χ3v) is 6.45. The number of carbonyl (C=O) groups excluding carboxylic acids is 1. The van der Waals surface area contributed by atoms with E-state index in [4.69, 9.17) is 22.3 Å². The lowest BCUT2D eigenvalue weighted by atomic mass is 9.99. The number of hydrogen-bond donors (Lipinski definition) is 1. The predicted octanol–water partition coefficient (Wildman–Crippen LogP) is 4.51. The Bertz CT molecular complexity index is 1400. The number of nitrogens with zero attached hydrogens (tertiary/aromatic N) is 5. The number of aryl methyl sites for hydroxylation is 1. The van der Waals surface area contributed by atoms with Crippen molar-refractivity contribution in [2.75, 3.05) is 13.1 Å². The van der Waals surface area contributed by atoms with Crippen LogP contribution >= 0.6 is 24.0 Å². The van der Waals surface area contributed by atoms with Gasteiger partial charge in [-0.25, -0.2) is 9.78 Å². The van der Waals surface area contributed by atoms with Crippen LogP contribution in [0.3, 0.4) is 0 Å². The fourth-order valence-electron chi connectivity index (χ4n) is 4.37. The minimum atomic E-state index is -0.502. The summed E-state index contributed by atoms with van der Waals surface area (Å²) in [4.78, 5) is 34.1. The fraction of sp³-hybridized carbons (Fsp3) is 0.333. The van der Waals surface area contributed by atoms with Crippen molar-refractivity contribution in [1.82, 2.24) is 24.1 Å². The Morgan fingerprint density at radius 3 is 2.41 bits per heavy atom. The number of nitrogens with two attached hydrogens (primary N) is 1. The summed E-state index contributed by atoms with van der Waals surface area (Å²) < 4.78 is 2.80. The summed E-state index contributed by atoms with van der Waals surface area (Å²) in [7, 11) is 0. The molecule has 0 fully saturated rings. The molecule has 2 aromatic heterocycles. The molecule has 37 heavy (non-hydrogen) atoms. The van der Waals surface area contributed by atoms with E-state index in [1.165, 1.54) is 10.7 Å². The highest BCUT2D eigenvalue weighted by molar-refractivity contribution is 6.33. The lowest BCUT2D eigenvalue weighted by Gasteiger charge is -2.35. The molecular weight excluding hydrogens is 511 g/mol.